The normalized spacial score (nSPS) is 21.6. The molecule has 0 unspecified atom stereocenters. The highest BCUT2D eigenvalue weighted by Crippen LogP contribution is 2.37. The summed E-state index contributed by atoms with van der Waals surface area (Å²) in [7, 11) is 0. The molecule has 3 heterocycles. The van der Waals surface area contributed by atoms with Crippen LogP contribution >= 0.6 is 0 Å². The van der Waals surface area contributed by atoms with Gasteiger partial charge >= 0.3 is 0 Å². The van der Waals surface area contributed by atoms with E-state index in [0.29, 0.717) is 24.4 Å². The highest BCUT2D eigenvalue weighted by Gasteiger charge is 2.34. The Hall–Kier alpha value is -2.54. The predicted octanol–water partition coefficient (Wildman–Crippen LogP) is 1.80. The minimum atomic E-state index is -0.456. The molecule has 0 saturated carbocycles. The van der Waals surface area contributed by atoms with Gasteiger partial charge in [-0.05, 0) is 24.1 Å². The Morgan fingerprint density at radius 2 is 2.00 bits per heavy atom. The van der Waals surface area contributed by atoms with Gasteiger partial charge in [-0.2, -0.15) is 0 Å². The van der Waals surface area contributed by atoms with Gasteiger partial charge in [-0.3, -0.25) is 0 Å². The van der Waals surface area contributed by atoms with Crippen LogP contribution < -0.4 is 4.90 Å². The SMILES string of the molecule is O[C@H]1C[C@H](c2ccc(F)cc2)N(c2ncnc3nc[nH]c23)C1. The Morgan fingerprint density at radius 3 is 2.82 bits per heavy atom. The van der Waals surface area contributed by atoms with Gasteiger partial charge in [-0.25, -0.2) is 19.3 Å². The molecule has 7 heteroatoms. The van der Waals surface area contributed by atoms with Crippen molar-refractivity contribution in [3.05, 3.63) is 48.3 Å². The van der Waals surface area contributed by atoms with E-state index >= 15 is 0 Å². The summed E-state index contributed by atoms with van der Waals surface area (Å²) < 4.78 is 13.1. The van der Waals surface area contributed by atoms with Gasteiger partial charge in [0.15, 0.2) is 11.5 Å². The number of anilines is 1. The zero-order valence-electron chi connectivity index (χ0n) is 11.6. The van der Waals surface area contributed by atoms with Gasteiger partial charge in [-0.1, -0.05) is 12.1 Å². The van der Waals surface area contributed by atoms with Crippen LogP contribution in [-0.4, -0.2) is 37.7 Å². The van der Waals surface area contributed by atoms with E-state index in [1.807, 2.05) is 4.90 Å². The number of aliphatic hydroxyl groups excluding tert-OH is 1. The van der Waals surface area contributed by atoms with E-state index < -0.39 is 6.10 Å². The van der Waals surface area contributed by atoms with Crippen LogP contribution in [0.1, 0.15) is 18.0 Å². The van der Waals surface area contributed by atoms with E-state index in [9.17, 15) is 9.50 Å². The number of hydrogen-bond acceptors (Lipinski definition) is 5. The Bertz CT molecular complexity index is 803. The molecule has 1 aliphatic rings. The van der Waals surface area contributed by atoms with Crippen molar-refractivity contribution >= 4 is 17.0 Å². The summed E-state index contributed by atoms with van der Waals surface area (Å²) in [6, 6.07) is 6.30. The molecule has 0 amide bonds. The molecule has 112 valence electrons. The number of benzene rings is 1. The second kappa shape index (κ2) is 5.03. The fourth-order valence-electron chi connectivity index (χ4n) is 3.02. The monoisotopic (exact) mass is 299 g/mol. The molecule has 2 aromatic heterocycles. The van der Waals surface area contributed by atoms with Crippen LogP contribution in [0.2, 0.25) is 0 Å². The third kappa shape index (κ3) is 2.10. The number of H-pyrrole nitrogens is 1. The highest BCUT2D eigenvalue weighted by molar-refractivity contribution is 5.83. The van der Waals surface area contributed by atoms with Crippen LogP contribution in [0.3, 0.4) is 0 Å². The maximum absolute atomic E-state index is 13.1. The lowest BCUT2D eigenvalue weighted by Crippen LogP contribution is -2.25. The van der Waals surface area contributed by atoms with E-state index in [2.05, 4.69) is 19.9 Å². The molecule has 1 saturated heterocycles. The van der Waals surface area contributed by atoms with Gasteiger partial charge in [0.25, 0.3) is 0 Å². The topological polar surface area (TPSA) is 77.9 Å². The van der Waals surface area contributed by atoms with Crippen LogP contribution in [0.15, 0.2) is 36.9 Å². The summed E-state index contributed by atoms with van der Waals surface area (Å²) in [6.45, 7) is 0.465. The van der Waals surface area contributed by atoms with Crippen molar-refractivity contribution in [2.24, 2.45) is 0 Å². The van der Waals surface area contributed by atoms with Crippen LogP contribution in [-0.2, 0) is 0 Å². The molecule has 0 radical (unpaired) electrons. The van der Waals surface area contributed by atoms with Gasteiger partial charge in [0.1, 0.15) is 17.7 Å². The Kier molecular flexibility index (Phi) is 3.00. The molecule has 3 aromatic rings. The van der Waals surface area contributed by atoms with Crippen LogP contribution in [0.4, 0.5) is 10.2 Å². The van der Waals surface area contributed by atoms with E-state index in [4.69, 9.17) is 0 Å². The molecule has 2 N–H and O–H groups in total. The molecule has 1 fully saturated rings. The lowest BCUT2D eigenvalue weighted by Gasteiger charge is -2.25. The average Bonchev–Trinajstić information content (AvgIpc) is 3.14. The van der Waals surface area contributed by atoms with Crippen molar-refractivity contribution in [3.8, 4) is 0 Å². The van der Waals surface area contributed by atoms with E-state index in [-0.39, 0.29) is 11.9 Å². The zero-order chi connectivity index (χ0) is 15.1. The maximum Gasteiger partial charge on any atom is 0.182 e. The fourth-order valence-corrected chi connectivity index (χ4v) is 3.02. The number of rotatable bonds is 2. The van der Waals surface area contributed by atoms with Gasteiger partial charge in [-0.15, -0.1) is 0 Å². The molecule has 1 aliphatic heterocycles. The van der Waals surface area contributed by atoms with Gasteiger partial charge < -0.3 is 15.0 Å². The number of fused-ring (bicyclic) bond motifs is 1. The zero-order valence-corrected chi connectivity index (χ0v) is 11.6. The highest BCUT2D eigenvalue weighted by atomic mass is 19.1. The van der Waals surface area contributed by atoms with Crippen molar-refractivity contribution in [3.63, 3.8) is 0 Å². The predicted molar refractivity (Wildman–Crippen MR) is 78.8 cm³/mol. The number of aliphatic hydroxyl groups is 1. The molecular weight excluding hydrogens is 285 g/mol. The molecule has 0 aliphatic carbocycles. The minimum absolute atomic E-state index is 0.0583. The second-order valence-corrected chi connectivity index (χ2v) is 5.41. The van der Waals surface area contributed by atoms with E-state index in [1.54, 1.807) is 18.5 Å². The first-order valence-electron chi connectivity index (χ1n) is 7.06. The molecule has 4 rings (SSSR count). The third-order valence-corrected chi connectivity index (χ3v) is 4.01. The quantitative estimate of drug-likeness (QED) is 0.754. The molecule has 0 spiro atoms. The number of nitrogens with zero attached hydrogens (tertiary/aromatic N) is 4. The largest absolute Gasteiger partial charge is 0.391 e. The number of hydrogen-bond donors (Lipinski definition) is 2. The van der Waals surface area contributed by atoms with Crippen molar-refractivity contribution in [1.82, 2.24) is 19.9 Å². The smallest absolute Gasteiger partial charge is 0.182 e. The van der Waals surface area contributed by atoms with E-state index in [0.717, 1.165) is 11.1 Å². The van der Waals surface area contributed by atoms with Gasteiger partial charge in [0.2, 0.25) is 0 Å². The first kappa shape index (κ1) is 13.1. The number of halogens is 1. The molecule has 2 atom stereocenters. The summed E-state index contributed by atoms with van der Waals surface area (Å²) in [5.74, 6) is 0.431. The Morgan fingerprint density at radius 1 is 1.18 bits per heavy atom. The Balaban J connectivity index is 1.78. The average molecular weight is 299 g/mol. The Labute approximate surface area is 125 Å². The van der Waals surface area contributed by atoms with Gasteiger partial charge in [0.05, 0.1) is 18.5 Å². The lowest BCUT2D eigenvalue weighted by atomic mass is 10.0. The number of aromatic nitrogens is 4. The van der Waals surface area contributed by atoms with Crippen molar-refractivity contribution in [1.29, 1.82) is 0 Å². The molecule has 0 bridgehead atoms. The number of β-amino-alcohol motifs (C(OH)–C–C–N with tert-alkyl or cyclic N) is 1. The van der Waals surface area contributed by atoms with Crippen molar-refractivity contribution in [2.45, 2.75) is 18.6 Å². The van der Waals surface area contributed by atoms with E-state index in [1.165, 1.54) is 18.5 Å². The molecule has 6 nitrogen and oxygen atoms in total. The molecule has 22 heavy (non-hydrogen) atoms. The maximum atomic E-state index is 13.1. The summed E-state index contributed by atoms with van der Waals surface area (Å²) in [6.07, 6.45) is 3.15. The number of aromatic amines is 1. The van der Waals surface area contributed by atoms with Crippen LogP contribution in [0.25, 0.3) is 11.2 Å². The standard InChI is InChI=1S/C15H14FN5O/c16-10-3-1-9(2-4-10)12-5-11(22)6-21(12)15-13-14(18-7-17-13)19-8-20-15/h1-4,7-8,11-12,22H,5-6H2,(H,17,18,19,20)/t11-,12+/m0/s1. The lowest BCUT2D eigenvalue weighted by molar-refractivity contribution is 0.194. The van der Waals surface area contributed by atoms with Crippen LogP contribution in [0, 0.1) is 5.82 Å². The summed E-state index contributed by atoms with van der Waals surface area (Å²) in [5.41, 5.74) is 2.28. The van der Waals surface area contributed by atoms with Crippen LogP contribution in [0.5, 0.6) is 0 Å². The summed E-state index contributed by atoms with van der Waals surface area (Å²) >= 11 is 0. The fraction of sp³-hybridized carbons (Fsp3) is 0.267. The molecule has 1 aromatic carbocycles. The molecular formula is C15H14FN5O. The van der Waals surface area contributed by atoms with Gasteiger partial charge in [0, 0.05) is 6.54 Å². The third-order valence-electron chi connectivity index (χ3n) is 4.01. The number of imidazole rings is 1. The minimum Gasteiger partial charge on any atom is -0.391 e. The summed E-state index contributed by atoms with van der Waals surface area (Å²) in [4.78, 5) is 17.6. The summed E-state index contributed by atoms with van der Waals surface area (Å²) in [5, 5.41) is 10.1. The van der Waals surface area contributed by atoms with Crippen molar-refractivity contribution < 1.29 is 9.50 Å². The first-order chi connectivity index (χ1) is 10.7. The first-order valence-corrected chi connectivity index (χ1v) is 7.06. The number of nitrogens with one attached hydrogen (secondary N) is 1. The van der Waals surface area contributed by atoms with Crippen molar-refractivity contribution in [2.75, 3.05) is 11.4 Å². The second-order valence-electron chi connectivity index (χ2n) is 5.41.